The summed E-state index contributed by atoms with van der Waals surface area (Å²) in [6.45, 7) is 4.71. The fourth-order valence-corrected chi connectivity index (χ4v) is 3.67. The molecule has 164 valence electrons. The average molecular weight is 423 g/mol. The number of hydrogen-bond donors (Lipinski definition) is 1. The minimum absolute atomic E-state index is 0.00692. The van der Waals surface area contributed by atoms with E-state index in [2.05, 4.69) is 5.32 Å². The van der Waals surface area contributed by atoms with Gasteiger partial charge >= 0.3 is 0 Å². The molecule has 1 aliphatic rings. The molecule has 3 rings (SSSR count). The molecule has 0 bridgehead atoms. The second kappa shape index (κ2) is 10.8. The van der Waals surface area contributed by atoms with Gasteiger partial charge in [-0.05, 0) is 62.4 Å². The lowest BCUT2D eigenvalue weighted by molar-refractivity contribution is -0.134. The van der Waals surface area contributed by atoms with Crippen LogP contribution in [0.4, 0.5) is 0 Å². The van der Waals surface area contributed by atoms with Crippen molar-refractivity contribution in [2.75, 3.05) is 19.7 Å². The molecule has 0 aromatic heterocycles. The van der Waals surface area contributed by atoms with Crippen molar-refractivity contribution in [2.24, 2.45) is 0 Å². The Morgan fingerprint density at radius 1 is 1.03 bits per heavy atom. The monoisotopic (exact) mass is 422 g/mol. The molecule has 0 saturated carbocycles. The summed E-state index contributed by atoms with van der Waals surface area (Å²) in [5.41, 5.74) is 2.72. The Bertz CT molecular complexity index is 915. The molecule has 2 aromatic rings. The fraction of sp³-hybridized carbons (Fsp3) is 0.400. The highest BCUT2D eigenvalue weighted by Crippen LogP contribution is 2.16. The molecule has 0 unspecified atom stereocenters. The Balaban J connectivity index is 1.40. The maximum atomic E-state index is 12.5. The van der Waals surface area contributed by atoms with Gasteiger partial charge in [-0.15, -0.1) is 0 Å². The number of aryl methyl sites for hydroxylation is 2. The number of carbonyl (C=O) groups is 3. The molecular formula is C25H30N2O4. The first-order valence-electron chi connectivity index (χ1n) is 10.8. The molecule has 1 N–H and O–H groups in total. The van der Waals surface area contributed by atoms with Gasteiger partial charge in [-0.2, -0.15) is 0 Å². The smallest absolute Gasteiger partial charge is 0.260 e. The van der Waals surface area contributed by atoms with Crippen LogP contribution in [0.2, 0.25) is 0 Å². The normalized spacial score (nSPS) is 14.2. The minimum atomic E-state index is -0.0574. The topological polar surface area (TPSA) is 75.7 Å². The molecule has 1 aliphatic heterocycles. The van der Waals surface area contributed by atoms with E-state index in [0.29, 0.717) is 37.2 Å². The molecule has 1 saturated heterocycles. The van der Waals surface area contributed by atoms with Crippen molar-refractivity contribution in [2.45, 2.75) is 45.6 Å². The SMILES string of the molecule is CC(=O)CCc1ccc(OCC(=O)N2CCC(NC(=O)c3ccccc3C)CC2)cc1. The van der Waals surface area contributed by atoms with Crippen LogP contribution in [0.1, 0.15) is 47.7 Å². The molecule has 0 spiro atoms. The lowest BCUT2D eigenvalue weighted by atomic mass is 10.0. The summed E-state index contributed by atoms with van der Waals surface area (Å²) >= 11 is 0. The van der Waals surface area contributed by atoms with Crippen LogP contribution in [0.25, 0.3) is 0 Å². The van der Waals surface area contributed by atoms with Crippen LogP contribution < -0.4 is 10.1 Å². The summed E-state index contributed by atoms with van der Waals surface area (Å²) in [7, 11) is 0. The van der Waals surface area contributed by atoms with E-state index < -0.39 is 0 Å². The Labute approximate surface area is 183 Å². The summed E-state index contributed by atoms with van der Waals surface area (Å²) < 4.78 is 5.64. The van der Waals surface area contributed by atoms with Gasteiger partial charge < -0.3 is 19.7 Å². The maximum Gasteiger partial charge on any atom is 0.260 e. The molecule has 0 radical (unpaired) electrons. The zero-order chi connectivity index (χ0) is 22.2. The number of rotatable bonds is 8. The van der Waals surface area contributed by atoms with Gasteiger partial charge in [-0.1, -0.05) is 30.3 Å². The number of nitrogens with zero attached hydrogens (tertiary/aromatic N) is 1. The summed E-state index contributed by atoms with van der Waals surface area (Å²) in [6, 6.07) is 15.1. The number of nitrogens with one attached hydrogen (secondary N) is 1. The highest BCUT2D eigenvalue weighted by molar-refractivity contribution is 5.95. The molecule has 6 nitrogen and oxygen atoms in total. The summed E-state index contributed by atoms with van der Waals surface area (Å²) in [5.74, 6) is 0.701. The Morgan fingerprint density at radius 2 is 1.71 bits per heavy atom. The second-order valence-corrected chi connectivity index (χ2v) is 8.08. The third kappa shape index (κ3) is 6.67. The number of piperidine rings is 1. The van der Waals surface area contributed by atoms with Gasteiger partial charge in [0.05, 0.1) is 0 Å². The van der Waals surface area contributed by atoms with Gasteiger partial charge in [0.1, 0.15) is 11.5 Å². The van der Waals surface area contributed by atoms with Gasteiger partial charge in [0.2, 0.25) is 0 Å². The van der Waals surface area contributed by atoms with Crippen LogP contribution in [0.5, 0.6) is 5.75 Å². The van der Waals surface area contributed by atoms with E-state index in [0.717, 1.165) is 24.0 Å². The number of likely N-dealkylation sites (tertiary alicyclic amines) is 1. The molecular weight excluding hydrogens is 392 g/mol. The van der Waals surface area contributed by atoms with E-state index in [9.17, 15) is 14.4 Å². The number of ether oxygens (including phenoxy) is 1. The van der Waals surface area contributed by atoms with Crippen molar-refractivity contribution >= 4 is 17.6 Å². The van der Waals surface area contributed by atoms with Crippen LogP contribution in [0, 0.1) is 6.92 Å². The number of hydrogen-bond acceptors (Lipinski definition) is 4. The minimum Gasteiger partial charge on any atom is -0.484 e. The quantitative estimate of drug-likeness (QED) is 0.708. The highest BCUT2D eigenvalue weighted by atomic mass is 16.5. The second-order valence-electron chi connectivity index (χ2n) is 8.08. The number of Topliss-reactive ketones (excluding diaryl/α,β-unsaturated/α-hetero) is 1. The van der Waals surface area contributed by atoms with E-state index >= 15 is 0 Å². The lowest BCUT2D eigenvalue weighted by Gasteiger charge is -2.32. The van der Waals surface area contributed by atoms with Crippen molar-refractivity contribution in [3.63, 3.8) is 0 Å². The number of benzene rings is 2. The van der Waals surface area contributed by atoms with Crippen LogP contribution in [0.3, 0.4) is 0 Å². The predicted molar refractivity (Wildman–Crippen MR) is 119 cm³/mol. The molecule has 2 amide bonds. The van der Waals surface area contributed by atoms with Gasteiger partial charge in [0.15, 0.2) is 6.61 Å². The van der Waals surface area contributed by atoms with Crippen LogP contribution >= 0.6 is 0 Å². The Kier molecular flexibility index (Phi) is 7.82. The summed E-state index contributed by atoms with van der Waals surface area (Å²) in [4.78, 5) is 37.8. The largest absolute Gasteiger partial charge is 0.484 e. The third-order valence-corrected chi connectivity index (χ3v) is 5.62. The lowest BCUT2D eigenvalue weighted by Crippen LogP contribution is -2.47. The van der Waals surface area contributed by atoms with Crippen LogP contribution in [0.15, 0.2) is 48.5 Å². The van der Waals surface area contributed by atoms with Crippen LogP contribution in [-0.2, 0) is 16.0 Å². The predicted octanol–water partition coefficient (Wildman–Crippen LogP) is 3.32. The average Bonchev–Trinajstić information content (AvgIpc) is 2.77. The van der Waals surface area contributed by atoms with Crippen molar-refractivity contribution in [3.05, 3.63) is 65.2 Å². The molecule has 0 atom stereocenters. The molecule has 6 heteroatoms. The van der Waals surface area contributed by atoms with E-state index in [1.165, 1.54) is 0 Å². The van der Waals surface area contributed by atoms with E-state index in [1.807, 2.05) is 55.5 Å². The number of amides is 2. The summed E-state index contributed by atoms with van der Waals surface area (Å²) in [6.07, 6.45) is 2.70. The van der Waals surface area contributed by atoms with Gasteiger partial charge in [-0.25, -0.2) is 0 Å². The molecule has 1 heterocycles. The van der Waals surface area contributed by atoms with Crippen LogP contribution in [-0.4, -0.2) is 48.2 Å². The van der Waals surface area contributed by atoms with Gasteiger partial charge in [0, 0.05) is 31.1 Å². The van der Waals surface area contributed by atoms with E-state index in [-0.39, 0.29) is 30.2 Å². The molecule has 1 fully saturated rings. The first-order chi connectivity index (χ1) is 14.9. The standard InChI is InChI=1S/C25H30N2O4/c1-18-5-3-4-6-23(18)25(30)26-21-13-15-27(16-14-21)24(29)17-31-22-11-9-20(10-12-22)8-7-19(2)28/h3-6,9-12,21H,7-8,13-17H2,1-2H3,(H,26,30). The summed E-state index contributed by atoms with van der Waals surface area (Å²) in [5, 5.41) is 3.09. The Morgan fingerprint density at radius 3 is 2.35 bits per heavy atom. The van der Waals surface area contributed by atoms with Crippen molar-refractivity contribution in [1.29, 1.82) is 0 Å². The van der Waals surface area contributed by atoms with Crippen molar-refractivity contribution < 1.29 is 19.1 Å². The third-order valence-electron chi connectivity index (χ3n) is 5.62. The van der Waals surface area contributed by atoms with Crippen molar-refractivity contribution in [3.8, 4) is 5.75 Å². The fourth-order valence-electron chi connectivity index (χ4n) is 3.67. The first kappa shape index (κ1) is 22.5. The molecule has 0 aliphatic carbocycles. The highest BCUT2D eigenvalue weighted by Gasteiger charge is 2.24. The van der Waals surface area contributed by atoms with Crippen molar-refractivity contribution in [1.82, 2.24) is 10.2 Å². The van der Waals surface area contributed by atoms with E-state index in [4.69, 9.17) is 4.74 Å². The Hall–Kier alpha value is -3.15. The number of ketones is 1. The van der Waals surface area contributed by atoms with E-state index in [1.54, 1.807) is 11.8 Å². The number of carbonyl (C=O) groups excluding carboxylic acids is 3. The first-order valence-corrected chi connectivity index (χ1v) is 10.8. The van der Waals surface area contributed by atoms with Gasteiger partial charge in [-0.3, -0.25) is 9.59 Å². The zero-order valence-corrected chi connectivity index (χ0v) is 18.2. The van der Waals surface area contributed by atoms with Gasteiger partial charge in [0.25, 0.3) is 11.8 Å². The zero-order valence-electron chi connectivity index (χ0n) is 18.2. The maximum absolute atomic E-state index is 12.5. The molecule has 31 heavy (non-hydrogen) atoms. The molecule has 2 aromatic carbocycles.